The average molecular weight is 430 g/mol. The Labute approximate surface area is 170 Å². The topological polar surface area (TPSA) is 85.2 Å². The van der Waals surface area contributed by atoms with Gasteiger partial charge in [0.1, 0.15) is 5.82 Å². The Kier molecular flexibility index (Phi) is 7.32. The Morgan fingerprint density at radius 3 is 2.73 bits per heavy atom. The number of amides is 1. The highest BCUT2D eigenvalue weighted by Crippen LogP contribution is 2.30. The van der Waals surface area contributed by atoms with E-state index in [0.29, 0.717) is 50.7 Å². The Balaban J connectivity index is 1.44. The number of halogens is 4. The quantitative estimate of drug-likeness (QED) is 0.643. The zero-order valence-electron chi connectivity index (χ0n) is 16.2. The van der Waals surface area contributed by atoms with Gasteiger partial charge in [0.05, 0.1) is 25.3 Å². The van der Waals surface area contributed by atoms with Gasteiger partial charge in [-0.15, -0.1) is 5.10 Å². The zero-order valence-corrected chi connectivity index (χ0v) is 16.2. The smallest absolute Gasteiger partial charge is 0.379 e. The number of tetrazole rings is 1. The van der Waals surface area contributed by atoms with Gasteiger partial charge >= 0.3 is 6.18 Å². The molecule has 2 aromatic rings. The number of rotatable bonds is 8. The summed E-state index contributed by atoms with van der Waals surface area (Å²) in [7, 11) is 0. The third-order valence-electron chi connectivity index (χ3n) is 4.70. The van der Waals surface area contributed by atoms with Crippen LogP contribution >= 0.6 is 0 Å². The molecule has 2 heterocycles. The highest BCUT2D eigenvalue weighted by atomic mass is 19.4. The Bertz CT molecular complexity index is 851. The third-order valence-corrected chi connectivity index (χ3v) is 4.70. The summed E-state index contributed by atoms with van der Waals surface area (Å²) in [6, 6.07) is 2.12. The lowest BCUT2D eigenvalue weighted by molar-refractivity contribution is -0.137. The number of carbonyl (C=O) groups excluding carboxylic acids is 1. The molecule has 0 spiro atoms. The molecule has 164 valence electrons. The zero-order chi connectivity index (χ0) is 21.6. The molecule has 0 atom stereocenters. The number of morpholine rings is 1. The van der Waals surface area contributed by atoms with Crippen LogP contribution < -0.4 is 5.32 Å². The van der Waals surface area contributed by atoms with Gasteiger partial charge in [-0.2, -0.15) is 13.2 Å². The van der Waals surface area contributed by atoms with E-state index in [1.54, 1.807) is 4.68 Å². The molecule has 8 nitrogen and oxygen atoms in total. The van der Waals surface area contributed by atoms with E-state index in [0.717, 1.165) is 19.2 Å². The molecule has 0 unspecified atom stereocenters. The van der Waals surface area contributed by atoms with Crippen molar-refractivity contribution in [3.05, 3.63) is 41.0 Å². The summed E-state index contributed by atoms with van der Waals surface area (Å²) >= 11 is 0. The molecule has 1 aromatic carbocycles. The fraction of sp³-hybridized carbons (Fsp3) is 0.556. The van der Waals surface area contributed by atoms with Gasteiger partial charge in [-0.25, -0.2) is 9.07 Å². The van der Waals surface area contributed by atoms with Gasteiger partial charge in [-0.3, -0.25) is 9.69 Å². The SMILES string of the molecule is O=C(CCCn1nnnc1CN1CCOCC1)NCc1cc(C(F)(F)F)ccc1F. The van der Waals surface area contributed by atoms with Gasteiger partial charge in [0.2, 0.25) is 5.91 Å². The van der Waals surface area contributed by atoms with E-state index in [4.69, 9.17) is 4.74 Å². The van der Waals surface area contributed by atoms with Crippen LogP contribution in [0.5, 0.6) is 0 Å². The molecule has 3 rings (SSSR count). The molecular formula is C18H22F4N6O2. The number of nitrogens with one attached hydrogen (secondary N) is 1. The van der Waals surface area contributed by atoms with Crippen molar-refractivity contribution < 1.29 is 27.1 Å². The van der Waals surface area contributed by atoms with Gasteiger partial charge in [0.15, 0.2) is 5.82 Å². The largest absolute Gasteiger partial charge is 0.416 e. The van der Waals surface area contributed by atoms with Crippen LogP contribution in [0.2, 0.25) is 0 Å². The molecule has 0 radical (unpaired) electrons. The van der Waals surface area contributed by atoms with E-state index in [-0.39, 0.29) is 18.5 Å². The van der Waals surface area contributed by atoms with E-state index < -0.39 is 23.5 Å². The van der Waals surface area contributed by atoms with E-state index in [2.05, 4.69) is 25.7 Å². The molecule has 0 aliphatic carbocycles. The fourth-order valence-corrected chi connectivity index (χ4v) is 3.03. The highest BCUT2D eigenvalue weighted by molar-refractivity contribution is 5.75. The molecule has 1 saturated heterocycles. The van der Waals surface area contributed by atoms with E-state index >= 15 is 0 Å². The van der Waals surface area contributed by atoms with Crippen LogP contribution in [0.3, 0.4) is 0 Å². The van der Waals surface area contributed by atoms with Crippen molar-refractivity contribution in [2.24, 2.45) is 0 Å². The van der Waals surface area contributed by atoms with Gasteiger partial charge in [0, 0.05) is 38.2 Å². The van der Waals surface area contributed by atoms with Crippen molar-refractivity contribution in [3.8, 4) is 0 Å². The van der Waals surface area contributed by atoms with Crippen molar-refractivity contribution in [2.45, 2.75) is 38.7 Å². The summed E-state index contributed by atoms with van der Waals surface area (Å²) in [6.45, 7) is 3.59. The van der Waals surface area contributed by atoms with Crippen molar-refractivity contribution in [2.75, 3.05) is 26.3 Å². The van der Waals surface area contributed by atoms with Crippen molar-refractivity contribution >= 4 is 5.91 Å². The molecule has 1 aliphatic rings. The maximum absolute atomic E-state index is 13.7. The number of alkyl halides is 3. The molecular weight excluding hydrogens is 408 g/mol. The number of nitrogens with zero attached hydrogens (tertiary/aromatic N) is 5. The van der Waals surface area contributed by atoms with Crippen molar-refractivity contribution in [3.63, 3.8) is 0 Å². The molecule has 0 bridgehead atoms. The molecule has 1 N–H and O–H groups in total. The molecule has 1 aromatic heterocycles. The lowest BCUT2D eigenvalue weighted by Crippen LogP contribution is -2.36. The molecule has 0 saturated carbocycles. The predicted octanol–water partition coefficient (Wildman–Crippen LogP) is 1.76. The standard InChI is InChI=1S/C18H22F4N6O2/c19-15-4-3-14(18(20,21)22)10-13(15)11-23-17(29)2-1-5-28-16(24-25-26-28)12-27-6-8-30-9-7-27/h3-4,10H,1-2,5-9,11-12H2,(H,23,29). The van der Waals surface area contributed by atoms with Crippen LogP contribution in [0, 0.1) is 5.82 Å². The van der Waals surface area contributed by atoms with Gasteiger partial charge in [0.25, 0.3) is 0 Å². The van der Waals surface area contributed by atoms with E-state index in [1.165, 1.54) is 0 Å². The summed E-state index contributed by atoms with van der Waals surface area (Å²) in [4.78, 5) is 14.2. The maximum atomic E-state index is 13.7. The second kappa shape index (κ2) is 9.94. The first-order chi connectivity index (χ1) is 14.3. The summed E-state index contributed by atoms with van der Waals surface area (Å²) in [5.41, 5.74) is -1.17. The van der Waals surface area contributed by atoms with Crippen LogP contribution in [0.25, 0.3) is 0 Å². The first-order valence-electron chi connectivity index (χ1n) is 9.50. The normalized spacial score (nSPS) is 15.3. The summed E-state index contributed by atoms with van der Waals surface area (Å²) in [5, 5.41) is 14.1. The monoisotopic (exact) mass is 430 g/mol. The molecule has 1 amide bonds. The van der Waals surface area contributed by atoms with Crippen molar-refractivity contribution in [1.82, 2.24) is 30.4 Å². The molecule has 12 heteroatoms. The summed E-state index contributed by atoms with van der Waals surface area (Å²) in [5.74, 6) is -0.511. The molecule has 30 heavy (non-hydrogen) atoms. The second-order valence-corrected chi connectivity index (χ2v) is 6.89. The number of ether oxygens (including phenoxy) is 1. The van der Waals surface area contributed by atoms with Crippen LogP contribution in [0.15, 0.2) is 18.2 Å². The number of aromatic nitrogens is 4. The van der Waals surface area contributed by atoms with Gasteiger partial charge in [-0.05, 0) is 35.0 Å². The predicted molar refractivity (Wildman–Crippen MR) is 96.4 cm³/mol. The van der Waals surface area contributed by atoms with Crippen LogP contribution in [-0.4, -0.2) is 57.3 Å². The van der Waals surface area contributed by atoms with Crippen molar-refractivity contribution in [1.29, 1.82) is 0 Å². The van der Waals surface area contributed by atoms with Crippen LogP contribution in [0.4, 0.5) is 17.6 Å². The van der Waals surface area contributed by atoms with Gasteiger partial charge in [-0.1, -0.05) is 0 Å². The lowest BCUT2D eigenvalue weighted by atomic mass is 10.1. The minimum Gasteiger partial charge on any atom is -0.379 e. The minimum absolute atomic E-state index is 0.109. The maximum Gasteiger partial charge on any atom is 0.416 e. The van der Waals surface area contributed by atoms with E-state index in [9.17, 15) is 22.4 Å². The summed E-state index contributed by atoms with van der Waals surface area (Å²) in [6.07, 6.45) is -4.04. The highest BCUT2D eigenvalue weighted by Gasteiger charge is 2.31. The van der Waals surface area contributed by atoms with Crippen LogP contribution in [0.1, 0.15) is 29.8 Å². The van der Waals surface area contributed by atoms with E-state index in [1.807, 2.05) is 0 Å². The third kappa shape index (κ3) is 6.20. The second-order valence-electron chi connectivity index (χ2n) is 6.89. The number of benzene rings is 1. The lowest BCUT2D eigenvalue weighted by Gasteiger charge is -2.25. The Morgan fingerprint density at radius 2 is 2.00 bits per heavy atom. The summed E-state index contributed by atoms with van der Waals surface area (Å²) < 4.78 is 58.9. The Morgan fingerprint density at radius 1 is 1.23 bits per heavy atom. The molecule has 1 fully saturated rings. The first-order valence-corrected chi connectivity index (χ1v) is 9.50. The number of carbonyl (C=O) groups is 1. The number of hydrogen-bond donors (Lipinski definition) is 1. The number of hydrogen-bond acceptors (Lipinski definition) is 6. The average Bonchev–Trinajstić information content (AvgIpc) is 3.14. The van der Waals surface area contributed by atoms with Crippen LogP contribution in [-0.2, 0) is 35.3 Å². The number of aryl methyl sites for hydroxylation is 1. The first kappa shape index (κ1) is 22.1. The Hall–Kier alpha value is -2.60. The fourth-order valence-electron chi connectivity index (χ4n) is 3.03. The van der Waals surface area contributed by atoms with Gasteiger partial charge < -0.3 is 10.1 Å². The molecule has 1 aliphatic heterocycles. The minimum atomic E-state index is -4.57.